The van der Waals surface area contributed by atoms with E-state index in [0.29, 0.717) is 0 Å². The van der Waals surface area contributed by atoms with Crippen molar-refractivity contribution in [3.8, 4) is 0 Å². The Balaban J connectivity index is 1.78. The molecule has 0 saturated carbocycles. The van der Waals surface area contributed by atoms with E-state index in [1.54, 1.807) is 0 Å². The minimum atomic E-state index is -0.0263. The van der Waals surface area contributed by atoms with Gasteiger partial charge in [-0.3, -0.25) is 9.78 Å². The molecule has 3 heterocycles. The molecule has 2 aromatic heterocycles. The largest absolute Gasteiger partial charge is 0.361 e. The summed E-state index contributed by atoms with van der Waals surface area (Å²) in [4.78, 5) is 20.2. The second-order valence-corrected chi connectivity index (χ2v) is 7.39. The highest BCUT2D eigenvalue weighted by atomic mass is 16.5. The molecule has 0 N–H and O–H groups in total. The molecule has 0 aliphatic carbocycles. The SMILES string of the molecule is CCc1ccc2nc(C)cc(C(=O)N3CCCCC3c3cc(C)on3)c2c1. The lowest BCUT2D eigenvalue weighted by atomic mass is 9.96. The summed E-state index contributed by atoms with van der Waals surface area (Å²) in [5.41, 5.74) is 4.54. The van der Waals surface area contributed by atoms with Gasteiger partial charge in [-0.05, 0) is 63.3 Å². The minimum Gasteiger partial charge on any atom is -0.361 e. The quantitative estimate of drug-likeness (QED) is 0.672. The first kappa shape index (κ1) is 17.7. The number of hydrogen-bond donors (Lipinski definition) is 0. The predicted molar refractivity (Wildman–Crippen MR) is 105 cm³/mol. The van der Waals surface area contributed by atoms with Crippen LogP contribution in [0.25, 0.3) is 10.9 Å². The molecular formula is C22H25N3O2. The molecule has 1 fully saturated rings. The second kappa shape index (κ2) is 7.14. The average Bonchev–Trinajstić information content (AvgIpc) is 3.12. The highest BCUT2D eigenvalue weighted by molar-refractivity contribution is 6.06. The van der Waals surface area contributed by atoms with Gasteiger partial charge in [-0.15, -0.1) is 0 Å². The zero-order valence-electron chi connectivity index (χ0n) is 16.2. The van der Waals surface area contributed by atoms with Crippen LogP contribution in [0.15, 0.2) is 34.9 Å². The van der Waals surface area contributed by atoms with Gasteiger partial charge < -0.3 is 9.42 Å². The number of amides is 1. The number of aryl methyl sites for hydroxylation is 3. The molecule has 0 bridgehead atoms. The fourth-order valence-corrected chi connectivity index (χ4v) is 3.98. The van der Waals surface area contributed by atoms with Crippen LogP contribution >= 0.6 is 0 Å². The molecular weight excluding hydrogens is 338 g/mol. The van der Waals surface area contributed by atoms with Crippen LogP contribution in [0.1, 0.15) is 65.3 Å². The van der Waals surface area contributed by atoms with Crippen LogP contribution in [0.4, 0.5) is 0 Å². The molecule has 5 nitrogen and oxygen atoms in total. The Morgan fingerprint density at radius 1 is 1.22 bits per heavy atom. The highest BCUT2D eigenvalue weighted by Crippen LogP contribution is 2.33. The number of likely N-dealkylation sites (tertiary alicyclic amines) is 1. The standard InChI is InChI=1S/C22H25N3O2/c1-4-16-8-9-19-17(13-16)18(11-14(2)23-19)22(26)25-10-6-5-7-21(25)20-12-15(3)27-24-20/h8-9,11-13,21H,4-7,10H2,1-3H3. The van der Waals surface area contributed by atoms with Crippen LogP contribution < -0.4 is 0 Å². The third kappa shape index (κ3) is 3.34. The Morgan fingerprint density at radius 3 is 2.81 bits per heavy atom. The summed E-state index contributed by atoms with van der Waals surface area (Å²) in [5.74, 6) is 0.838. The Hall–Kier alpha value is -2.69. The molecule has 1 unspecified atom stereocenters. The van der Waals surface area contributed by atoms with E-state index >= 15 is 0 Å². The molecule has 140 valence electrons. The van der Waals surface area contributed by atoms with E-state index in [9.17, 15) is 4.79 Å². The van der Waals surface area contributed by atoms with Crippen molar-refractivity contribution in [3.63, 3.8) is 0 Å². The average molecular weight is 363 g/mol. The van der Waals surface area contributed by atoms with Crippen molar-refractivity contribution in [2.24, 2.45) is 0 Å². The Labute approximate surface area is 159 Å². The number of fused-ring (bicyclic) bond motifs is 1. The fourth-order valence-electron chi connectivity index (χ4n) is 3.98. The first-order valence-corrected chi connectivity index (χ1v) is 9.71. The van der Waals surface area contributed by atoms with Gasteiger partial charge in [0.2, 0.25) is 0 Å². The van der Waals surface area contributed by atoms with Crippen LogP contribution in [-0.2, 0) is 6.42 Å². The number of piperidine rings is 1. The first-order valence-electron chi connectivity index (χ1n) is 9.71. The van der Waals surface area contributed by atoms with Gasteiger partial charge in [-0.2, -0.15) is 0 Å². The molecule has 1 atom stereocenters. The van der Waals surface area contributed by atoms with Gasteiger partial charge in [0.15, 0.2) is 0 Å². The lowest BCUT2D eigenvalue weighted by Gasteiger charge is -2.34. The van der Waals surface area contributed by atoms with Gasteiger partial charge in [-0.25, -0.2) is 0 Å². The van der Waals surface area contributed by atoms with Crippen molar-refractivity contribution in [3.05, 3.63) is 58.6 Å². The van der Waals surface area contributed by atoms with E-state index < -0.39 is 0 Å². The number of rotatable bonds is 3. The number of pyridine rings is 1. The lowest BCUT2D eigenvalue weighted by Crippen LogP contribution is -2.38. The summed E-state index contributed by atoms with van der Waals surface area (Å²) in [6, 6.07) is 10.1. The van der Waals surface area contributed by atoms with Gasteiger partial charge in [0.25, 0.3) is 5.91 Å². The van der Waals surface area contributed by atoms with Gasteiger partial charge >= 0.3 is 0 Å². The smallest absolute Gasteiger partial charge is 0.255 e. The first-order chi connectivity index (χ1) is 13.1. The third-order valence-electron chi connectivity index (χ3n) is 5.39. The number of hydrogen-bond acceptors (Lipinski definition) is 4. The van der Waals surface area contributed by atoms with E-state index in [2.05, 4.69) is 29.2 Å². The molecule has 1 aliphatic heterocycles. The molecule has 0 radical (unpaired) electrons. The molecule has 0 spiro atoms. The number of benzene rings is 1. The minimum absolute atomic E-state index is 0.0263. The van der Waals surface area contributed by atoms with Gasteiger partial charge in [0.05, 0.1) is 17.1 Å². The molecule has 1 aliphatic rings. The molecule has 5 heteroatoms. The summed E-state index contributed by atoms with van der Waals surface area (Å²) in [5, 5.41) is 5.13. The molecule has 1 saturated heterocycles. The van der Waals surface area contributed by atoms with Crippen molar-refractivity contribution in [1.29, 1.82) is 0 Å². The molecule has 4 rings (SSSR count). The van der Waals surface area contributed by atoms with Gasteiger partial charge in [-0.1, -0.05) is 18.1 Å². The monoisotopic (exact) mass is 363 g/mol. The normalized spacial score (nSPS) is 17.4. The van der Waals surface area contributed by atoms with Crippen LogP contribution in [-0.4, -0.2) is 27.5 Å². The van der Waals surface area contributed by atoms with E-state index in [1.807, 2.05) is 36.9 Å². The number of carbonyl (C=O) groups excluding carboxylic acids is 1. The van der Waals surface area contributed by atoms with E-state index in [1.165, 1.54) is 5.56 Å². The van der Waals surface area contributed by atoms with Crippen LogP contribution in [0.3, 0.4) is 0 Å². The third-order valence-corrected chi connectivity index (χ3v) is 5.39. The number of aromatic nitrogens is 2. The summed E-state index contributed by atoms with van der Waals surface area (Å²) >= 11 is 0. The zero-order valence-corrected chi connectivity index (χ0v) is 16.2. The van der Waals surface area contributed by atoms with Crippen LogP contribution in [0.5, 0.6) is 0 Å². The predicted octanol–water partition coefficient (Wildman–Crippen LogP) is 4.77. The summed E-state index contributed by atoms with van der Waals surface area (Å²) in [6.07, 6.45) is 3.96. The topological polar surface area (TPSA) is 59.2 Å². The Kier molecular flexibility index (Phi) is 4.68. The fraction of sp³-hybridized carbons (Fsp3) is 0.409. The number of nitrogens with zero attached hydrogens (tertiary/aromatic N) is 3. The van der Waals surface area contributed by atoms with Crippen molar-refractivity contribution < 1.29 is 9.32 Å². The maximum absolute atomic E-state index is 13.6. The van der Waals surface area contributed by atoms with Gasteiger partial charge in [0, 0.05) is 23.7 Å². The highest BCUT2D eigenvalue weighted by Gasteiger charge is 2.31. The van der Waals surface area contributed by atoms with Gasteiger partial charge in [0.1, 0.15) is 11.5 Å². The maximum Gasteiger partial charge on any atom is 0.255 e. The Bertz CT molecular complexity index is 992. The zero-order chi connectivity index (χ0) is 19.0. The van der Waals surface area contributed by atoms with Crippen molar-refractivity contribution in [1.82, 2.24) is 15.0 Å². The summed E-state index contributed by atoms with van der Waals surface area (Å²) in [6.45, 7) is 6.69. The van der Waals surface area contributed by atoms with E-state index in [4.69, 9.17) is 4.52 Å². The molecule has 27 heavy (non-hydrogen) atoms. The van der Waals surface area contributed by atoms with Crippen molar-refractivity contribution >= 4 is 16.8 Å². The van der Waals surface area contributed by atoms with Crippen LogP contribution in [0.2, 0.25) is 0 Å². The summed E-state index contributed by atoms with van der Waals surface area (Å²) in [7, 11) is 0. The summed E-state index contributed by atoms with van der Waals surface area (Å²) < 4.78 is 5.27. The molecule has 1 amide bonds. The van der Waals surface area contributed by atoms with E-state index in [-0.39, 0.29) is 11.9 Å². The van der Waals surface area contributed by atoms with Crippen LogP contribution in [0, 0.1) is 13.8 Å². The number of carbonyl (C=O) groups is 1. The Morgan fingerprint density at radius 2 is 2.07 bits per heavy atom. The van der Waals surface area contributed by atoms with Crippen molar-refractivity contribution in [2.75, 3.05) is 6.54 Å². The molecule has 1 aromatic carbocycles. The molecule has 3 aromatic rings. The lowest BCUT2D eigenvalue weighted by molar-refractivity contribution is 0.0604. The maximum atomic E-state index is 13.6. The second-order valence-electron chi connectivity index (χ2n) is 7.39. The van der Waals surface area contributed by atoms with E-state index in [0.717, 1.165) is 65.8 Å². The van der Waals surface area contributed by atoms with Crippen molar-refractivity contribution in [2.45, 2.75) is 52.5 Å².